The molecule has 3 rings (SSSR count). The van der Waals surface area contributed by atoms with Crippen molar-refractivity contribution in [1.82, 2.24) is 31.5 Å². The summed E-state index contributed by atoms with van der Waals surface area (Å²) in [4.78, 5) is 81.8. The summed E-state index contributed by atoms with van der Waals surface area (Å²) in [5, 5.41) is 13.9. The second-order valence-corrected chi connectivity index (χ2v) is 14.5. The molecule has 2 aliphatic carbocycles. The van der Waals surface area contributed by atoms with Gasteiger partial charge in [-0.2, -0.15) is 0 Å². The van der Waals surface area contributed by atoms with Gasteiger partial charge in [0.15, 0.2) is 0 Å². The van der Waals surface area contributed by atoms with E-state index in [0.717, 1.165) is 64.2 Å². The predicted octanol–water partition coefficient (Wildman–Crippen LogP) is 3.57. The average Bonchev–Trinajstić information content (AvgIpc) is 3.59. The summed E-state index contributed by atoms with van der Waals surface area (Å²) in [6.07, 6.45) is 16.5. The minimum absolute atomic E-state index is 0.0155. The lowest BCUT2D eigenvalue weighted by Gasteiger charge is -2.37. The van der Waals surface area contributed by atoms with Crippen molar-refractivity contribution in [3.05, 3.63) is 12.7 Å². The molecule has 0 bridgehead atoms. The number of amides is 6. The number of hydrogen-bond donors (Lipinski definition) is 5. The summed E-state index contributed by atoms with van der Waals surface area (Å²) in [5.74, 6) is -0.266. The van der Waals surface area contributed by atoms with Crippen molar-refractivity contribution in [2.45, 2.75) is 128 Å². The first kappa shape index (κ1) is 41.3. The largest absolute Gasteiger partial charge is 0.447 e. The zero-order valence-corrected chi connectivity index (χ0v) is 30.8. The number of hydrogen-bond acceptors (Lipinski definition) is 7. The van der Waals surface area contributed by atoms with Crippen molar-refractivity contribution in [1.29, 1.82) is 0 Å². The molecule has 5 atom stereocenters. The summed E-state index contributed by atoms with van der Waals surface area (Å²) in [6, 6.07) is -3.90. The quantitative estimate of drug-likeness (QED) is 0.0871. The summed E-state index contributed by atoms with van der Waals surface area (Å²) in [6.45, 7) is 10.2. The third-order valence-corrected chi connectivity index (χ3v) is 10.6. The van der Waals surface area contributed by atoms with E-state index in [1.54, 1.807) is 11.8 Å². The molecule has 0 aromatic rings. The van der Waals surface area contributed by atoms with Crippen LogP contribution in [0.3, 0.4) is 0 Å². The molecular weight excluding hydrogens is 652 g/mol. The van der Waals surface area contributed by atoms with Crippen molar-refractivity contribution in [3.63, 3.8) is 0 Å². The fraction of sp³-hybridized carbons (Fsp3) is 0.737. The molecule has 2 unspecified atom stereocenters. The first-order valence-electron chi connectivity index (χ1n) is 19.0. The molecular formula is C38H60N6O7. The smallest absolute Gasteiger partial charge is 0.407 e. The molecule has 1 aliphatic heterocycles. The van der Waals surface area contributed by atoms with Gasteiger partial charge in [-0.1, -0.05) is 58.4 Å². The average molecular weight is 713 g/mol. The third kappa shape index (κ3) is 12.3. The lowest BCUT2D eigenvalue weighted by atomic mass is 9.82. The van der Waals surface area contributed by atoms with Crippen LogP contribution in [0.2, 0.25) is 0 Å². The highest BCUT2D eigenvalue weighted by Gasteiger charge is 2.47. The lowest BCUT2D eigenvalue weighted by Crippen LogP contribution is -2.61. The Morgan fingerprint density at radius 3 is 2.14 bits per heavy atom. The zero-order valence-electron chi connectivity index (χ0n) is 30.8. The fourth-order valence-corrected chi connectivity index (χ4v) is 7.83. The van der Waals surface area contributed by atoms with Crippen LogP contribution < -0.4 is 26.6 Å². The van der Waals surface area contributed by atoms with Gasteiger partial charge in [-0.3, -0.25) is 19.2 Å². The van der Waals surface area contributed by atoms with Crippen LogP contribution in [0.25, 0.3) is 0 Å². The fourth-order valence-electron chi connectivity index (χ4n) is 7.83. The summed E-state index contributed by atoms with van der Waals surface area (Å²) in [7, 11) is 0. The lowest BCUT2D eigenvalue weighted by molar-refractivity contribution is -0.144. The number of carbonyl (C=O) groups is 6. The summed E-state index contributed by atoms with van der Waals surface area (Å²) in [5.41, 5.74) is 0. The van der Waals surface area contributed by atoms with E-state index >= 15 is 0 Å². The molecule has 1 heterocycles. The van der Waals surface area contributed by atoms with Gasteiger partial charge in [-0.25, -0.2) is 9.59 Å². The SMILES string of the molecule is C#CCCC(NC(=O)[C@@H]1C(C(C)C)CCN1C(=O)[C@@H](NC(=O)N[C@H](COC(=O)NCC)C1CCCCC1)C1CCCCC1)C(=O)C(=O)NCC=C. The molecule has 51 heavy (non-hydrogen) atoms. The summed E-state index contributed by atoms with van der Waals surface area (Å²) >= 11 is 0. The van der Waals surface area contributed by atoms with Gasteiger partial charge in [0.25, 0.3) is 5.91 Å². The monoisotopic (exact) mass is 712 g/mol. The number of carbonyl (C=O) groups excluding carboxylic acids is 6. The van der Waals surface area contributed by atoms with E-state index < -0.39 is 53.9 Å². The van der Waals surface area contributed by atoms with Crippen molar-refractivity contribution in [2.75, 3.05) is 26.2 Å². The van der Waals surface area contributed by atoms with E-state index in [2.05, 4.69) is 39.1 Å². The molecule has 0 spiro atoms. The minimum Gasteiger partial charge on any atom is -0.447 e. The van der Waals surface area contributed by atoms with E-state index in [-0.39, 0.29) is 55.6 Å². The standard InChI is InChI=1S/C38H60N6O7/c1-6-9-20-29(33(45)35(47)40-22-7-2)41-34(46)32-28(25(4)5)21-23-44(32)36(48)31(27-18-14-11-15-19-27)43-37(49)42-30(24-51-38(50)39-8-3)26-16-12-10-13-17-26/h1,7,25-32H,2,8-24H2,3-5H3,(H,39,50)(H,40,47)(H,41,46)(H2,42,43,49)/t28?,29?,30-,31+,32+/m1/s1. The molecule has 0 aromatic heterocycles. The highest BCUT2D eigenvalue weighted by molar-refractivity contribution is 6.38. The van der Waals surface area contributed by atoms with E-state index in [9.17, 15) is 28.8 Å². The molecule has 284 valence electrons. The number of rotatable bonds is 17. The summed E-state index contributed by atoms with van der Waals surface area (Å²) < 4.78 is 5.45. The topological polar surface area (TPSA) is 175 Å². The van der Waals surface area contributed by atoms with Crippen LogP contribution in [0.5, 0.6) is 0 Å². The van der Waals surface area contributed by atoms with Crippen LogP contribution >= 0.6 is 0 Å². The molecule has 13 nitrogen and oxygen atoms in total. The van der Waals surface area contributed by atoms with Crippen molar-refractivity contribution < 1.29 is 33.5 Å². The Bertz CT molecular complexity index is 1250. The zero-order chi connectivity index (χ0) is 37.3. The Labute approximate surface area is 303 Å². The number of alkyl carbamates (subject to hydrolysis) is 1. The Morgan fingerprint density at radius 1 is 0.902 bits per heavy atom. The normalized spacial score (nSPS) is 21.4. The first-order chi connectivity index (χ1) is 24.5. The second-order valence-electron chi connectivity index (χ2n) is 14.5. The second kappa shape index (κ2) is 21.3. The Hall–Kier alpha value is -4.08. The van der Waals surface area contributed by atoms with Gasteiger partial charge in [0.2, 0.25) is 17.6 Å². The van der Waals surface area contributed by atoms with E-state index in [4.69, 9.17) is 11.2 Å². The maximum atomic E-state index is 14.6. The van der Waals surface area contributed by atoms with Gasteiger partial charge in [-0.05, 0) is 69.1 Å². The number of urea groups is 1. The molecule has 2 saturated carbocycles. The number of likely N-dealkylation sites (tertiary alicyclic amines) is 1. The number of nitrogens with zero attached hydrogens (tertiary/aromatic N) is 1. The van der Waals surface area contributed by atoms with Gasteiger partial charge in [-0.15, -0.1) is 18.9 Å². The molecule has 13 heteroatoms. The minimum atomic E-state index is -1.17. The van der Waals surface area contributed by atoms with Gasteiger partial charge < -0.3 is 36.2 Å². The van der Waals surface area contributed by atoms with Gasteiger partial charge in [0, 0.05) is 26.1 Å². The number of terminal acetylenes is 1. The van der Waals surface area contributed by atoms with Crippen molar-refractivity contribution in [2.24, 2.45) is 23.7 Å². The van der Waals surface area contributed by atoms with Crippen LogP contribution in [0, 0.1) is 36.0 Å². The maximum Gasteiger partial charge on any atom is 0.407 e. The van der Waals surface area contributed by atoms with E-state index in [0.29, 0.717) is 19.5 Å². The number of ether oxygens (including phenoxy) is 1. The van der Waals surface area contributed by atoms with Crippen molar-refractivity contribution in [3.8, 4) is 12.3 Å². The van der Waals surface area contributed by atoms with E-state index in [1.165, 1.54) is 6.08 Å². The predicted molar refractivity (Wildman–Crippen MR) is 194 cm³/mol. The van der Waals surface area contributed by atoms with Crippen LogP contribution in [-0.4, -0.2) is 90.9 Å². The van der Waals surface area contributed by atoms with Gasteiger partial charge in [0.1, 0.15) is 18.7 Å². The van der Waals surface area contributed by atoms with E-state index in [1.807, 2.05) is 13.8 Å². The first-order valence-corrected chi connectivity index (χ1v) is 19.0. The van der Waals surface area contributed by atoms with Crippen LogP contribution in [0.15, 0.2) is 12.7 Å². The third-order valence-electron chi connectivity index (χ3n) is 10.6. The van der Waals surface area contributed by atoms with Crippen LogP contribution in [0.1, 0.15) is 104 Å². The number of ketones is 1. The Kier molecular flexibility index (Phi) is 17.3. The maximum absolute atomic E-state index is 14.6. The van der Waals surface area contributed by atoms with Gasteiger partial charge >= 0.3 is 12.1 Å². The van der Waals surface area contributed by atoms with Crippen molar-refractivity contribution >= 4 is 35.6 Å². The molecule has 0 aromatic carbocycles. The molecule has 5 N–H and O–H groups in total. The van der Waals surface area contributed by atoms with Crippen LogP contribution in [0.4, 0.5) is 9.59 Å². The number of nitrogens with one attached hydrogen (secondary N) is 5. The van der Waals surface area contributed by atoms with Gasteiger partial charge in [0.05, 0.1) is 12.1 Å². The number of Topliss-reactive ketones (excluding diaryl/α,β-unsaturated/α-hetero) is 1. The molecule has 3 fully saturated rings. The molecule has 3 aliphatic rings. The van der Waals surface area contributed by atoms with Crippen LogP contribution in [-0.2, 0) is 23.9 Å². The Balaban J connectivity index is 1.85. The highest BCUT2D eigenvalue weighted by atomic mass is 16.5. The Morgan fingerprint density at radius 2 is 1.55 bits per heavy atom. The molecule has 1 saturated heterocycles. The molecule has 0 radical (unpaired) electrons. The highest BCUT2D eigenvalue weighted by Crippen LogP contribution is 2.34. The molecule has 6 amide bonds.